The molecular weight excluding hydrogens is 526 g/mol. The van der Waals surface area contributed by atoms with Crippen molar-refractivity contribution < 1.29 is 29.4 Å². The van der Waals surface area contributed by atoms with Gasteiger partial charge in [-0.25, -0.2) is 14.6 Å². The summed E-state index contributed by atoms with van der Waals surface area (Å²) < 4.78 is 2.31. The maximum atomic E-state index is 12.6. The van der Waals surface area contributed by atoms with E-state index in [0.717, 1.165) is 76.4 Å². The number of likely N-dealkylation sites (tertiary alicyclic amines) is 1. The first-order chi connectivity index (χ1) is 19.7. The molecule has 2 aliphatic heterocycles. The van der Waals surface area contributed by atoms with Gasteiger partial charge in [-0.3, -0.25) is 19.4 Å². The zero-order chi connectivity index (χ0) is 29.4. The number of amides is 2. The van der Waals surface area contributed by atoms with E-state index in [-0.39, 0.29) is 17.2 Å². The van der Waals surface area contributed by atoms with Crippen molar-refractivity contribution >= 4 is 40.7 Å². The van der Waals surface area contributed by atoms with Crippen LogP contribution in [0.15, 0.2) is 36.4 Å². The minimum absolute atomic E-state index is 0.00266. The number of carbonyl (C=O) groups excluding carboxylic acids is 2. The predicted molar refractivity (Wildman–Crippen MR) is 155 cm³/mol. The van der Waals surface area contributed by atoms with Gasteiger partial charge < -0.3 is 19.7 Å². The number of carbonyl (C=O) groups is 4. The summed E-state index contributed by atoms with van der Waals surface area (Å²) in [6.45, 7) is 8.73. The number of hydrogen-bond acceptors (Lipinski definition) is 7. The van der Waals surface area contributed by atoms with Crippen LogP contribution < -0.4 is 4.90 Å². The summed E-state index contributed by atoms with van der Waals surface area (Å²) in [7, 11) is 0. The number of aromatic nitrogens is 2. The molecule has 3 aliphatic rings. The Balaban J connectivity index is 0.000000426. The van der Waals surface area contributed by atoms with Crippen molar-refractivity contribution in [2.75, 3.05) is 44.2 Å². The van der Waals surface area contributed by atoms with Crippen molar-refractivity contribution in [1.82, 2.24) is 19.4 Å². The van der Waals surface area contributed by atoms with Crippen molar-refractivity contribution in [2.24, 2.45) is 5.41 Å². The zero-order valence-electron chi connectivity index (χ0n) is 23.8. The molecule has 2 aromatic rings. The summed E-state index contributed by atoms with van der Waals surface area (Å²) >= 11 is 0. The molecule has 0 bridgehead atoms. The average Bonchev–Trinajstić information content (AvgIpc) is 3.55. The van der Waals surface area contributed by atoms with Gasteiger partial charge in [0.25, 0.3) is 0 Å². The highest BCUT2D eigenvalue weighted by Crippen LogP contribution is 2.46. The third kappa shape index (κ3) is 7.72. The zero-order valence-corrected chi connectivity index (χ0v) is 23.8. The summed E-state index contributed by atoms with van der Waals surface area (Å²) in [5.41, 5.74) is 2.28. The summed E-state index contributed by atoms with van der Waals surface area (Å²) in [6.07, 6.45) is 8.66. The molecule has 1 aliphatic carbocycles. The minimum Gasteiger partial charge on any atom is -0.478 e. The number of unbranched alkanes of at least 4 members (excludes halogenated alkanes) is 1. The van der Waals surface area contributed by atoms with Gasteiger partial charge in [0.15, 0.2) is 0 Å². The van der Waals surface area contributed by atoms with Gasteiger partial charge in [-0.15, -0.1) is 0 Å². The van der Waals surface area contributed by atoms with Crippen LogP contribution in [0.25, 0.3) is 11.0 Å². The van der Waals surface area contributed by atoms with E-state index in [9.17, 15) is 19.2 Å². The first kappa shape index (κ1) is 30.2. The Hall–Kier alpha value is -3.73. The van der Waals surface area contributed by atoms with Gasteiger partial charge in [0.2, 0.25) is 17.8 Å². The van der Waals surface area contributed by atoms with Crippen LogP contribution >= 0.6 is 0 Å². The molecular formula is C30H41N5O6. The molecule has 0 atom stereocenters. The maximum absolute atomic E-state index is 12.6. The monoisotopic (exact) mass is 567 g/mol. The summed E-state index contributed by atoms with van der Waals surface area (Å²) in [5.74, 6) is -1.29. The molecule has 1 spiro atoms. The highest BCUT2D eigenvalue weighted by Gasteiger charge is 2.44. The molecule has 1 saturated carbocycles. The average molecular weight is 568 g/mol. The molecule has 2 N–H and O–H groups in total. The van der Waals surface area contributed by atoms with E-state index in [1.165, 1.54) is 18.4 Å². The van der Waals surface area contributed by atoms with E-state index in [2.05, 4.69) is 45.6 Å². The normalized spacial score (nSPS) is 19.2. The standard InChI is InChI=1S/C26H37N5O2.C4H4O4/c1-2-30-22-10-4-3-9-21(22)27-25(30)29-17-15-28(16-18-29)13-7-8-14-31-23(32)19-26(20-24(31)33)11-5-6-12-26;5-3(6)1-2-4(7)8/h3-4,9-10H,2,5-8,11-20H2,1H3;1-2H,(H,5,6)(H,7,8)/b;2-1+. The van der Waals surface area contributed by atoms with Crippen molar-refractivity contribution in [3.63, 3.8) is 0 Å². The van der Waals surface area contributed by atoms with Crippen LogP contribution in [0.4, 0.5) is 5.95 Å². The lowest BCUT2D eigenvalue weighted by Crippen LogP contribution is -2.48. The number of aryl methyl sites for hydroxylation is 1. The van der Waals surface area contributed by atoms with Gasteiger partial charge in [-0.05, 0) is 56.7 Å². The number of carboxylic acids is 2. The number of para-hydroxylation sites is 2. The highest BCUT2D eigenvalue weighted by atomic mass is 16.4. The molecule has 0 unspecified atom stereocenters. The number of piperazine rings is 1. The van der Waals surface area contributed by atoms with Crippen molar-refractivity contribution in [2.45, 2.75) is 64.8 Å². The molecule has 222 valence electrons. The van der Waals surface area contributed by atoms with Crippen molar-refractivity contribution in [1.29, 1.82) is 0 Å². The van der Waals surface area contributed by atoms with Crippen LogP contribution in [-0.4, -0.2) is 92.6 Å². The number of benzene rings is 1. The first-order valence-electron chi connectivity index (χ1n) is 14.6. The summed E-state index contributed by atoms with van der Waals surface area (Å²) in [6, 6.07) is 8.37. The second-order valence-corrected chi connectivity index (χ2v) is 11.2. The fourth-order valence-electron chi connectivity index (χ4n) is 6.30. The third-order valence-corrected chi connectivity index (χ3v) is 8.40. The van der Waals surface area contributed by atoms with Crippen LogP contribution in [0.3, 0.4) is 0 Å². The smallest absolute Gasteiger partial charge is 0.328 e. The number of carboxylic acid groups (broad SMARTS) is 2. The van der Waals surface area contributed by atoms with Crippen LogP contribution in [0.2, 0.25) is 0 Å². The topological polar surface area (TPSA) is 136 Å². The van der Waals surface area contributed by atoms with E-state index in [1.807, 2.05) is 0 Å². The van der Waals surface area contributed by atoms with Crippen LogP contribution in [0.1, 0.15) is 58.3 Å². The van der Waals surface area contributed by atoms with Crippen LogP contribution in [0, 0.1) is 5.41 Å². The number of fused-ring (bicyclic) bond motifs is 1. The first-order valence-corrected chi connectivity index (χ1v) is 14.6. The van der Waals surface area contributed by atoms with E-state index < -0.39 is 11.9 Å². The fourth-order valence-corrected chi connectivity index (χ4v) is 6.30. The molecule has 1 aromatic heterocycles. The van der Waals surface area contributed by atoms with Gasteiger partial charge in [0, 0.05) is 64.3 Å². The number of nitrogens with zero attached hydrogens (tertiary/aromatic N) is 5. The molecule has 3 fully saturated rings. The Labute approximate surface area is 240 Å². The van der Waals surface area contributed by atoms with Crippen LogP contribution in [-0.2, 0) is 25.7 Å². The van der Waals surface area contributed by atoms with Gasteiger partial charge in [-0.1, -0.05) is 25.0 Å². The number of aliphatic carboxylic acids is 2. The molecule has 11 nitrogen and oxygen atoms in total. The summed E-state index contributed by atoms with van der Waals surface area (Å²) in [4.78, 5) is 55.7. The fraction of sp³-hybridized carbons (Fsp3) is 0.567. The number of hydrogen-bond donors (Lipinski definition) is 2. The van der Waals surface area contributed by atoms with Gasteiger partial charge in [0.1, 0.15) is 0 Å². The number of imidazole rings is 1. The molecule has 1 aromatic carbocycles. The predicted octanol–water partition coefficient (Wildman–Crippen LogP) is 3.38. The minimum atomic E-state index is -1.26. The largest absolute Gasteiger partial charge is 0.478 e. The molecule has 5 rings (SSSR count). The molecule has 3 heterocycles. The number of anilines is 1. The van der Waals surface area contributed by atoms with Gasteiger partial charge in [0.05, 0.1) is 11.0 Å². The lowest BCUT2D eigenvalue weighted by molar-refractivity contribution is -0.153. The molecule has 2 amide bonds. The Kier molecular flexibility index (Phi) is 10.1. The lowest BCUT2D eigenvalue weighted by Gasteiger charge is -2.37. The summed E-state index contributed by atoms with van der Waals surface area (Å²) in [5, 5.41) is 15.6. The van der Waals surface area contributed by atoms with Crippen LogP contribution in [0.5, 0.6) is 0 Å². The molecule has 11 heteroatoms. The van der Waals surface area contributed by atoms with Crippen molar-refractivity contribution in [3.05, 3.63) is 36.4 Å². The van der Waals surface area contributed by atoms with Gasteiger partial charge in [-0.2, -0.15) is 0 Å². The second-order valence-electron chi connectivity index (χ2n) is 11.2. The van der Waals surface area contributed by atoms with Gasteiger partial charge >= 0.3 is 11.9 Å². The number of rotatable bonds is 9. The number of imide groups is 1. The van der Waals surface area contributed by atoms with E-state index in [4.69, 9.17) is 15.2 Å². The molecule has 2 saturated heterocycles. The number of piperidine rings is 1. The molecule has 41 heavy (non-hydrogen) atoms. The lowest BCUT2D eigenvalue weighted by atomic mass is 9.76. The Bertz CT molecular complexity index is 1240. The Morgan fingerprint density at radius 1 is 0.902 bits per heavy atom. The van der Waals surface area contributed by atoms with Crippen molar-refractivity contribution in [3.8, 4) is 0 Å². The van der Waals surface area contributed by atoms with E-state index in [0.29, 0.717) is 31.5 Å². The van der Waals surface area contributed by atoms with E-state index >= 15 is 0 Å². The SMILES string of the molecule is CCn1c(N2CCN(CCCCN3C(=O)CC4(CCCC4)CC3=O)CC2)nc2ccccc21.O=C(O)/C=C/C(=O)O. The Morgan fingerprint density at radius 2 is 1.49 bits per heavy atom. The maximum Gasteiger partial charge on any atom is 0.328 e. The molecule has 0 radical (unpaired) electrons. The van der Waals surface area contributed by atoms with E-state index in [1.54, 1.807) is 4.90 Å². The quantitative estimate of drug-likeness (QED) is 0.265. The third-order valence-electron chi connectivity index (χ3n) is 8.40. The second kappa shape index (κ2) is 13.8. The Morgan fingerprint density at radius 3 is 2.07 bits per heavy atom. The highest BCUT2D eigenvalue weighted by molar-refractivity contribution is 5.98.